The maximum absolute atomic E-state index is 14.3. The van der Waals surface area contributed by atoms with E-state index in [1.807, 2.05) is 4.90 Å². The summed E-state index contributed by atoms with van der Waals surface area (Å²) in [6.07, 6.45) is 7.04. The molecule has 5 rings (SSSR count). The van der Waals surface area contributed by atoms with Crippen molar-refractivity contribution in [3.05, 3.63) is 53.6 Å². The smallest absolute Gasteiger partial charge is 0.324 e. The van der Waals surface area contributed by atoms with Gasteiger partial charge in [0.05, 0.1) is 19.0 Å². The first-order valence-corrected chi connectivity index (χ1v) is 12.5. The van der Waals surface area contributed by atoms with Crippen molar-refractivity contribution in [3.8, 4) is 5.75 Å². The lowest BCUT2D eigenvalue weighted by atomic mass is 9.94. The number of aromatic nitrogens is 4. The van der Waals surface area contributed by atoms with Crippen LogP contribution in [0.2, 0.25) is 0 Å². The Morgan fingerprint density at radius 1 is 1.11 bits per heavy atom. The average Bonchev–Trinajstić information content (AvgIpc) is 3.52. The molecular weight excluding hydrogens is 468 g/mol. The molecule has 0 amide bonds. The van der Waals surface area contributed by atoms with Crippen molar-refractivity contribution in [1.29, 1.82) is 0 Å². The van der Waals surface area contributed by atoms with Crippen LogP contribution in [0.4, 0.5) is 20.7 Å². The van der Waals surface area contributed by atoms with Crippen LogP contribution in [0.5, 0.6) is 5.75 Å². The van der Waals surface area contributed by atoms with Gasteiger partial charge < -0.3 is 24.8 Å². The minimum absolute atomic E-state index is 0.288. The van der Waals surface area contributed by atoms with E-state index in [1.54, 1.807) is 12.4 Å². The van der Waals surface area contributed by atoms with E-state index in [-0.39, 0.29) is 17.5 Å². The van der Waals surface area contributed by atoms with Crippen molar-refractivity contribution < 1.29 is 18.0 Å². The molecule has 36 heavy (non-hydrogen) atoms. The van der Waals surface area contributed by atoms with Crippen LogP contribution in [-0.4, -0.2) is 58.9 Å². The molecule has 2 aromatic heterocycles. The number of anilines is 2. The predicted molar refractivity (Wildman–Crippen MR) is 130 cm³/mol. The SMILES string of the molecule is CCCc1noc(N2CCC(COc3cnc(N4C[C@H](c5cc(F)ccc5F)[C@@H](N)C4)nc3)CC2)n1. The van der Waals surface area contributed by atoms with Gasteiger partial charge in [-0.05, 0) is 48.9 Å². The summed E-state index contributed by atoms with van der Waals surface area (Å²) < 4.78 is 39.2. The van der Waals surface area contributed by atoms with Crippen LogP contribution in [0.15, 0.2) is 35.1 Å². The van der Waals surface area contributed by atoms with Crippen molar-refractivity contribution in [3.63, 3.8) is 0 Å². The average molecular weight is 500 g/mol. The number of hydrogen-bond donors (Lipinski definition) is 1. The van der Waals surface area contributed by atoms with Crippen molar-refractivity contribution in [2.45, 2.75) is 44.6 Å². The first kappa shape index (κ1) is 24.4. The fourth-order valence-corrected chi connectivity index (χ4v) is 4.87. The number of nitrogens with two attached hydrogens (primary N) is 1. The molecule has 4 heterocycles. The number of halogens is 2. The molecule has 2 aliphatic rings. The van der Waals surface area contributed by atoms with Crippen LogP contribution in [0, 0.1) is 17.6 Å². The molecule has 9 nitrogen and oxygen atoms in total. The zero-order valence-corrected chi connectivity index (χ0v) is 20.3. The van der Waals surface area contributed by atoms with Crippen LogP contribution in [0.1, 0.15) is 43.5 Å². The van der Waals surface area contributed by atoms with Gasteiger partial charge in [0.2, 0.25) is 5.95 Å². The largest absolute Gasteiger partial charge is 0.490 e. The molecule has 192 valence electrons. The van der Waals surface area contributed by atoms with E-state index in [4.69, 9.17) is 15.0 Å². The summed E-state index contributed by atoms with van der Waals surface area (Å²) in [7, 11) is 0. The maximum Gasteiger partial charge on any atom is 0.324 e. The Balaban J connectivity index is 1.11. The molecule has 2 fully saturated rings. The Hall–Kier alpha value is -3.34. The van der Waals surface area contributed by atoms with Crippen LogP contribution in [0.3, 0.4) is 0 Å². The van der Waals surface area contributed by atoms with Crippen LogP contribution >= 0.6 is 0 Å². The van der Waals surface area contributed by atoms with Crippen LogP contribution in [-0.2, 0) is 6.42 Å². The zero-order chi connectivity index (χ0) is 25.1. The molecule has 0 bridgehead atoms. The molecule has 1 aromatic carbocycles. The number of hydrogen-bond acceptors (Lipinski definition) is 9. The van der Waals surface area contributed by atoms with E-state index in [0.29, 0.717) is 43.3 Å². The highest BCUT2D eigenvalue weighted by Gasteiger charge is 2.34. The van der Waals surface area contributed by atoms with Gasteiger partial charge >= 0.3 is 6.01 Å². The van der Waals surface area contributed by atoms with Gasteiger partial charge in [0.25, 0.3) is 0 Å². The summed E-state index contributed by atoms with van der Waals surface area (Å²) in [4.78, 5) is 17.3. The molecule has 2 saturated heterocycles. The molecule has 2 aliphatic heterocycles. The second kappa shape index (κ2) is 10.7. The molecule has 2 atom stereocenters. The second-order valence-corrected chi connectivity index (χ2v) is 9.54. The third-order valence-corrected chi connectivity index (χ3v) is 6.92. The van der Waals surface area contributed by atoms with Gasteiger partial charge in [-0.25, -0.2) is 18.7 Å². The number of rotatable bonds is 8. The van der Waals surface area contributed by atoms with E-state index in [2.05, 4.69) is 31.9 Å². The minimum atomic E-state index is -0.476. The van der Waals surface area contributed by atoms with E-state index >= 15 is 0 Å². The predicted octanol–water partition coefficient (Wildman–Crippen LogP) is 3.32. The van der Waals surface area contributed by atoms with Crippen molar-refractivity contribution >= 4 is 12.0 Å². The number of benzene rings is 1. The molecule has 0 spiro atoms. The topological polar surface area (TPSA) is 106 Å². The lowest BCUT2D eigenvalue weighted by Gasteiger charge is -2.30. The van der Waals surface area contributed by atoms with Gasteiger partial charge in [0.1, 0.15) is 11.6 Å². The molecule has 0 aliphatic carbocycles. The Morgan fingerprint density at radius 3 is 2.64 bits per heavy atom. The Bertz CT molecular complexity index is 1150. The van der Waals surface area contributed by atoms with Gasteiger partial charge in [-0.3, -0.25) is 0 Å². The minimum Gasteiger partial charge on any atom is -0.490 e. The monoisotopic (exact) mass is 499 g/mol. The van der Waals surface area contributed by atoms with E-state index in [0.717, 1.165) is 56.7 Å². The quantitative estimate of drug-likeness (QED) is 0.499. The third-order valence-electron chi connectivity index (χ3n) is 6.92. The van der Waals surface area contributed by atoms with E-state index in [9.17, 15) is 8.78 Å². The lowest BCUT2D eigenvalue weighted by molar-refractivity contribution is 0.219. The fraction of sp³-hybridized carbons (Fsp3) is 0.520. The molecule has 3 aromatic rings. The molecule has 2 N–H and O–H groups in total. The highest BCUT2D eigenvalue weighted by atomic mass is 19.1. The second-order valence-electron chi connectivity index (χ2n) is 9.54. The van der Waals surface area contributed by atoms with Gasteiger partial charge in [0, 0.05) is 44.6 Å². The molecule has 11 heteroatoms. The first-order chi connectivity index (χ1) is 17.5. The van der Waals surface area contributed by atoms with E-state index in [1.165, 1.54) is 6.07 Å². The number of aryl methyl sites for hydroxylation is 1. The highest BCUT2D eigenvalue weighted by Crippen LogP contribution is 2.31. The molecule has 0 radical (unpaired) electrons. The summed E-state index contributed by atoms with van der Waals surface area (Å²) in [6.45, 7) is 5.24. The summed E-state index contributed by atoms with van der Waals surface area (Å²) in [5, 5.41) is 4.03. The van der Waals surface area contributed by atoms with Gasteiger partial charge in [-0.1, -0.05) is 12.1 Å². The third kappa shape index (κ3) is 5.40. The zero-order valence-electron chi connectivity index (χ0n) is 20.3. The number of ether oxygens (including phenoxy) is 1. The maximum atomic E-state index is 14.3. The standard InChI is InChI=1S/C25H31F2N7O2/c1-2-3-23-31-25(36-32-23)33-8-6-16(7-9-33)15-35-18-11-29-24(30-12-18)34-13-20(22(28)14-34)19-10-17(26)4-5-21(19)27/h4-5,10-12,16,20,22H,2-3,6-9,13-15,28H2,1H3/t20-,22+/m1/s1. The Kier molecular flexibility index (Phi) is 7.26. The molecular formula is C25H31F2N7O2. The number of nitrogens with zero attached hydrogens (tertiary/aromatic N) is 6. The summed E-state index contributed by atoms with van der Waals surface area (Å²) in [5.41, 5.74) is 6.54. The van der Waals surface area contributed by atoms with Gasteiger partial charge in [-0.2, -0.15) is 4.98 Å². The summed E-state index contributed by atoms with van der Waals surface area (Å²) >= 11 is 0. The lowest BCUT2D eigenvalue weighted by Crippen LogP contribution is -2.35. The van der Waals surface area contributed by atoms with Crippen LogP contribution < -0.4 is 20.3 Å². The Labute approximate surface area is 208 Å². The molecule has 0 saturated carbocycles. The normalized spacial score (nSPS) is 20.8. The number of piperidine rings is 1. The van der Waals surface area contributed by atoms with Crippen molar-refractivity contribution in [1.82, 2.24) is 20.1 Å². The van der Waals surface area contributed by atoms with Crippen LogP contribution in [0.25, 0.3) is 0 Å². The summed E-state index contributed by atoms with van der Waals surface area (Å²) in [6, 6.07) is 3.72. The van der Waals surface area contributed by atoms with Gasteiger partial charge in [0.15, 0.2) is 11.6 Å². The van der Waals surface area contributed by atoms with E-state index < -0.39 is 11.6 Å². The highest BCUT2D eigenvalue weighted by molar-refractivity contribution is 5.39. The van der Waals surface area contributed by atoms with Gasteiger partial charge in [-0.15, -0.1) is 0 Å². The van der Waals surface area contributed by atoms with Crippen molar-refractivity contribution in [2.24, 2.45) is 11.7 Å². The first-order valence-electron chi connectivity index (χ1n) is 12.5. The fourth-order valence-electron chi connectivity index (χ4n) is 4.87. The Morgan fingerprint density at radius 2 is 1.89 bits per heavy atom. The summed E-state index contributed by atoms with van der Waals surface area (Å²) in [5.74, 6) is 0.998. The van der Waals surface area contributed by atoms with Crippen molar-refractivity contribution in [2.75, 3.05) is 42.6 Å². The molecule has 0 unspecified atom stereocenters.